The van der Waals surface area contributed by atoms with Crippen LogP contribution in [-0.2, 0) is 16.1 Å². The van der Waals surface area contributed by atoms with Gasteiger partial charge in [-0.25, -0.2) is 4.39 Å². The first-order chi connectivity index (χ1) is 12.9. The molecule has 2 aromatic carbocycles. The van der Waals surface area contributed by atoms with E-state index in [9.17, 15) is 14.0 Å². The number of rotatable bonds is 8. The third-order valence-corrected chi connectivity index (χ3v) is 4.68. The summed E-state index contributed by atoms with van der Waals surface area (Å²) < 4.78 is 19.8. The van der Waals surface area contributed by atoms with Crippen LogP contribution in [0.2, 0.25) is 0 Å². The summed E-state index contributed by atoms with van der Waals surface area (Å²) in [6, 6.07) is 12.5. The molecular weight excluding hydrogens is 462 g/mol. The Morgan fingerprint density at radius 1 is 1.15 bits per heavy atom. The van der Waals surface area contributed by atoms with Crippen LogP contribution in [0.25, 0.3) is 0 Å². The van der Waals surface area contributed by atoms with E-state index < -0.39 is 6.04 Å². The summed E-state index contributed by atoms with van der Waals surface area (Å²) in [6.45, 7) is 3.95. The Hall–Kier alpha value is -2.16. The highest BCUT2D eigenvalue weighted by atomic mass is 127. The van der Waals surface area contributed by atoms with Crippen LogP contribution >= 0.6 is 22.6 Å². The normalized spacial score (nSPS) is 11.6. The molecule has 0 spiro atoms. The zero-order chi connectivity index (χ0) is 19.8. The summed E-state index contributed by atoms with van der Waals surface area (Å²) in [7, 11) is 0. The maximum Gasteiger partial charge on any atom is 0.261 e. The van der Waals surface area contributed by atoms with Gasteiger partial charge in [0.15, 0.2) is 6.61 Å². The lowest BCUT2D eigenvalue weighted by Gasteiger charge is -2.28. The molecule has 0 aliphatic heterocycles. The summed E-state index contributed by atoms with van der Waals surface area (Å²) in [5, 5.41) is 2.72. The summed E-state index contributed by atoms with van der Waals surface area (Å²) in [5.74, 6) is -0.342. The summed E-state index contributed by atoms with van der Waals surface area (Å²) in [6.07, 6.45) is 0. The van der Waals surface area contributed by atoms with Crippen molar-refractivity contribution in [3.05, 3.63) is 63.5 Å². The first kappa shape index (κ1) is 21.1. The SMILES string of the molecule is CCNC(=O)[C@H](C)N(Cc1ccc(F)cc1)C(=O)COc1ccc(I)cc1. The van der Waals surface area contributed by atoms with Gasteiger partial charge in [-0.3, -0.25) is 9.59 Å². The fourth-order valence-electron chi connectivity index (χ4n) is 2.45. The van der Waals surface area contributed by atoms with Crippen molar-refractivity contribution in [3.8, 4) is 5.75 Å². The third-order valence-electron chi connectivity index (χ3n) is 3.96. The zero-order valence-corrected chi connectivity index (χ0v) is 17.4. The molecule has 0 aromatic heterocycles. The number of hydrogen-bond donors (Lipinski definition) is 1. The lowest BCUT2D eigenvalue weighted by molar-refractivity contribution is -0.142. The molecule has 0 saturated carbocycles. The Bertz CT molecular complexity index is 766. The van der Waals surface area contributed by atoms with Gasteiger partial charge in [0.2, 0.25) is 5.91 Å². The smallest absolute Gasteiger partial charge is 0.261 e. The highest BCUT2D eigenvalue weighted by Crippen LogP contribution is 2.15. The second-order valence-electron chi connectivity index (χ2n) is 5.96. The van der Waals surface area contributed by atoms with Gasteiger partial charge >= 0.3 is 0 Å². The minimum atomic E-state index is -0.678. The van der Waals surface area contributed by atoms with Crippen molar-refractivity contribution in [2.45, 2.75) is 26.4 Å². The Kier molecular flexibility index (Phi) is 8.02. The molecule has 0 unspecified atom stereocenters. The summed E-state index contributed by atoms with van der Waals surface area (Å²) in [5.41, 5.74) is 0.732. The van der Waals surface area contributed by atoms with Crippen molar-refractivity contribution >= 4 is 34.4 Å². The average Bonchev–Trinajstić information content (AvgIpc) is 2.66. The molecule has 0 saturated heterocycles. The number of carbonyl (C=O) groups is 2. The molecule has 2 aromatic rings. The van der Waals surface area contributed by atoms with Gasteiger partial charge in [0.25, 0.3) is 5.91 Å². The average molecular weight is 484 g/mol. The van der Waals surface area contributed by atoms with Gasteiger partial charge in [0.1, 0.15) is 17.6 Å². The molecule has 27 heavy (non-hydrogen) atoms. The van der Waals surface area contributed by atoms with Gasteiger partial charge in [0.05, 0.1) is 0 Å². The maximum absolute atomic E-state index is 13.1. The zero-order valence-electron chi connectivity index (χ0n) is 15.2. The fourth-order valence-corrected chi connectivity index (χ4v) is 2.81. The second kappa shape index (κ2) is 10.2. The first-order valence-electron chi connectivity index (χ1n) is 8.60. The first-order valence-corrected chi connectivity index (χ1v) is 9.68. The van der Waals surface area contributed by atoms with Crippen molar-refractivity contribution in [2.24, 2.45) is 0 Å². The standard InChI is InChI=1S/C20H22FIN2O3/c1-3-23-20(26)14(2)24(12-15-4-6-16(21)7-5-15)19(25)13-27-18-10-8-17(22)9-11-18/h4-11,14H,3,12-13H2,1-2H3,(H,23,26)/t14-/m0/s1. The lowest BCUT2D eigenvalue weighted by atomic mass is 10.1. The number of carbonyl (C=O) groups excluding carboxylic acids is 2. The number of likely N-dealkylation sites (N-methyl/N-ethyl adjacent to an activating group) is 1. The summed E-state index contributed by atoms with van der Waals surface area (Å²) >= 11 is 2.19. The van der Waals surface area contributed by atoms with E-state index in [4.69, 9.17) is 4.74 Å². The number of hydrogen-bond acceptors (Lipinski definition) is 3. The molecule has 5 nitrogen and oxygen atoms in total. The van der Waals surface area contributed by atoms with Crippen molar-refractivity contribution in [3.63, 3.8) is 0 Å². The highest BCUT2D eigenvalue weighted by molar-refractivity contribution is 14.1. The van der Waals surface area contributed by atoms with Gasteiger partial charge in [-0.1, -0.05) is 12.1 Å². The van der Waals surface area contributed by atoms with Crippen LogP contribution in [0, 0.1) is 9.39 Å². The van der Waals surface area contributed by atoms with E-state index in [0.717, 1.165) is 9.13 Å². The molecule has 1 N–H and O–H groups in total. The molecule has 144 valence electrons. The molecule has 7 heteroatoms. The molecule has 0 fully saturated rings. The topological polar surface area (TPSA) is 58.6 Å². The molecule has 1 atom stereocenters. The van der Waals surface area contributed by atoms with Crippen LogP contribution in [0.15, 0.2) is 48.5 Å². The number of nitrogens with zero attached hydrogens (tertiary/aromatic N) is 1. The number of nitrogens with one attached hydrogen (secondary N) is 1. The van der Waals surface area contributed by atoms with Gasteiger partial charge in [-0.05, 0) is 78.4 Å². The van der Waals surface area contributed by atoms with Gasteiger partial charge < -0.3 is 15.0 Å². The number of ether oxygens (including phenoxy) is 1. The second-order valence-corrected chi connectivity index (χ2v) is 7.21. The maximum atomic E-state index is 13.1. The third kappa shape index (κ3) is 6.50. The molecule has 0 heterocycles. The Balaban J connectivity index is 2.11. The van der Waals surface area contributed by atoms with Crippen LogP contribution in [0.3, 0.4) is 0 Å². The van der Waals surface area contributed by atoms with Crippen molar-refractivity contribution in [2.75, 3.05) is 13.2 Å². The molecular formula is C20H22FIN2O3. The van der Waals surface area contributed by atoms with E-state index in [-0.39, 0.29) is 30.8 Å². The van der Waals surface area contributed by atoms with E-state index in [1.807, 2.05) is 19.1 Å². The van der Waals surface area contributed by atoms with Gasteiger partial charge in [0, 0.05) is 16.7 Å². The van der Waals surface area contributed by atoms with Crippen molar-refractivity contribution in [1.82, 2.24) is 10.2 Å². The Labute approximate surface area is 172 Å². The number of amides is 2. The number of benzene rings is 2. The molecule has 0 radical (unpaired) electrons. The van der Waals surface area contributed by atoms with Crippen LogP contribution in [0.1, 0.15) is 19.4 Å². The molecule has 0 aliphatic carbocycles. The Morgan fingerprint density at radius 2 is 1.78 bits per heavy atom. The minimum absolute atomic E-state index is 0.188. The van der Waals surface area contributed by atoms with Crippen LogP contribution in [-0.4, -0.2) is 35.9 Å². The fraction of sp³-hybridized carbons (Fsp3) is 0.300. The van der Waals surface area contributed by atoms with Gasteiger partial charge in [-0.15, -0.1) is 0 Å². The van der Waals surface area contributed by atoms with Crippen molar-refractivity contribution < 1.29 is 18.7 Å². The molecule has 2 rings (SSSR count). The van der Waals surface area contributed by atoms with E-state index >= 15 is 0 Å². The molecule has 2 amide bonds. The Morgan fingerprint density at radius 3 is 2.37 bits per heavy atom. The van der Waals surface area contributed by atoms with Crippen LogP contribution < -0.4 is 10.1 Å². The molecule has 0 aliphatic rings. The van der Waals surface area contributed by atoms with E-state index in [1.165, 1.54) is 17.0 Å². The number of halogens is 2. The van der Waals surface area contributed by atoms with Crippen LogP contribution in [0.5, 0.6) is 5.75 Å². The largest absolute Gasteiger partial charge is 0.484 e. The van der Waals surface area contributed by atoms with E-state index in [0.29, 0.717) is 12.3 Å². The molecule has 0 bridgehead atoms. The lowest BCUT2D eigenvalue weighted by Crippen LogP contribution is -2.49. The van der Waals surface area contributed by atoms with Crippen molar-refractivity contribution in [1.29, 1.82) is 0 Å². The minimum Gasteiger partial charge on any atom is -0.484 e. The van der Waals surface area contributed by atoms with Crippen LogP contribution in [0.4, 0.5) is 4.39 Å². The summed E-state index contributed by atoms with van der Waals surface area (Å²) in [4.78, 5) is 26.4. The van der Waals surface area contributed by atoms with Gasteiger partial charge in [-0.2, -0.15) is 0 Å². The predicted octanol–water partition coefficient (Wildman–Crippen LogP) is 3.36. The predicted molar refractivity (Wildman–Crippen MR) is 110 cm³/mol. The van der Waals surface area contributed by atoms with E-state index in [1.54, 1.807) is 31.2 Å². The highest BCUT2D eigenvalue weighted by Gasteiger charge is 2.26. The van der Waals surface area contributed by atoms with E-state index in [2.05, 4.69) is 27.9 Å². The monoisotopic (exact) mass is 484 g/mol. The quantitative estimate of drug-likeness (QED) is 0.585.